The van der Waals surface area contributed by atoms with Gasteiger partial charge in [0.05, 0.1) is 6.33 Å². The number of imidazole rings is 1. The minimum absolute atomic E-state index is 0.0295. The van der Waals surface area contributed by atoms with Crippen LogP contribution >= 0.6 is 0 Å². The van der Waals surface area contributed by atoms with Gasteiger partial charge in [-0.15, -0.1) is 0 Å². The maximum Gasteiger partial charge on any atom is 0.302 e. The third-order valence-corrected chi connectivity index (χ3v) is 3.16. The van der Waals surface area contributed by atoms with Crippen LogP contribution < -0.4 is 10.9 Å². The average Bonchev–Trinajstić information content (AvgIpc) is 2.96. The molecule has 2 N–H and O–H groups in total. The van der Waals surface area contributed by atoms with Crippen molar-refractivity contribution in [1.29, 1.82) is 0 Å². The molecule has 12 heteroatoms. The second-order valence-corrected chi connectivity index (χ2v) is 5.51. The summed E-state index contributed by atoms with van der Waals surface area (Å²) in [7, 11) is 0. The van der Waals surface area contributed by atoms with Crippen LogP contribution in [-0.4, -0.2) is 56.7 Å². The van der Waals surface area contributed by atoms with E-state index in [4.69, 9.17) is 14.2 Å². The molecule has 0 aromatic carbocycles. The number of ether oxygens (including phenoxy) is 3. The predicted octanol–water partition coefficient (Wildman–Crippen LogP) is -0.453. The van der Waals surface area contributed by atoms with Gasteiger partial charge in [0.15, 0.2) is 11.2 Å². The van der Waals surface area contributed by atoms with Gasteiger partial charge in [0.1, 0.15) is 26.0 Å². The number of hydrogen-bond acceptors (Lipinski definition) is 9. The number of fused-ring (bicyclic) bond motifs is 1. The number of anilines is 1. The molecule has 12 nitrogen and oxygen atoms in total. The molecule has 0 bridgehead atoms. The van der Waals surface area contributed by atoms with Gasteiger partial charge in [0, 0.05) is 20.8 Å². The summed E-state index contributed by atoms with van der Waals surface area (Å²) in [5.41, 5.74) is -0.288. The molecule has 0 unspecified atom stereocenters. The molecular formula is C15H19N5O7. The smallest absolute Gasteiger partial charge is 0.302 e. The van der Waals surface area contributed by atoms with E-state index in [2.05, 4.69) is 20.3 Å². The summed E-state index contributed by atoms with van der Waals surface area (Å²) in [6.45, 7) is 3.40. The van der Waals surface area contributed by atoms with Crippen LogP contribution in [0, 0.1) is 0 Å². The van der Waals surface area contributed by atoms with Gasteiger partial charge in [-0.2, -0.15) is 4.98 Å². The summed E-state index contributed by atoms with van der Waals surface area (Å²) in [5.74, 6) is -1.44. The highest BCUT2D eigenvalue weighted by Gasteiger charge is 2.16. The van der Waals surface area contributed by atoms with E-state index in [0.717, 1.165) is 0 Å². The third-order valence-electron chi connectivity index (χ3n) is 3.16. The highest BCUT2D eigenvalue weighted by Crippen LogP contribution is 2.09. The lowest BCUT2D eigenvalue weighted by Gasteiger charge is -2.17. The van der Waals surface area contributed by atoms with Crippen molar-refractivity contribution in [2.75, 3.05) is 18.5 Å². The Balaban J connectivity index is 2.15. The highest BCUT2D eigenvalue weighted by atomic mass is 16.6. The summed E-state index contributed by atoms with van der Waals surface area (Å²) in [6, 6.07) is 0. The second kappa shape index (κ2) is 8.89. The van der Waals surface area contributed by atoms with E-state index in [1.807, 2.05) is 0 Å². The first-order chi connectivity index (χ1) is 12.8. The molecule has 2 aromatic heterocycles. The number of amides is 1. The summed E-state index contributed by atoms with van der Waals surface area (Å²) >= 11 is 0. The van der Waals surface area contributed by atoms with E-state index < -0.39 is 29.5 Å². The van der Waals surface area contributed by atoms with E-state index in [1.165, 1.54) is 31.7 Å². The molecule has 0 saturated carbocycles. The Bertz CT molecular complexity index is 886. The molecule has 2 heterocycles. The Labute approximate surface area is 152 Å². The monoisotopic (exact) mass is 381 g/mol. The zero-order valence-electron chi connectivity index (χ0n) is 15.0. The molecule has 2 rings (SSSR count). The van der Waals surface area contributed by atoms with Crippen LogP contribution in [0.1, 0.15) is 20.8 Å². The zero-order valence-corrected chi connectivity index (χ0v) is 15.0. The lowest BCUT2D eigenvalue weighted by molar-refractivity contribution is -0.154. The number of carbonyl (C=O) groups is 3. The second-order valence-electron chi connectivity index (χ2n) is 5.51. The first-order valence-corrected chi connectivity index (χ1v) is 7.87. The number of esters is 2. The van der Waals surface area contributed by atoms with Crippen LogP contribution in [0.3, 0.4) is 0 Å². The normalized spacial score (nSPS) is 10.8. The van der Waals surface area contributed by atoms with Gasteiger partial charge >= 0.3 is 11.9 Å². The number of carbonyl (C=O) groups excluding carboxylic acids is 3. The standard InChI is InChI=1S/C15H19N5O7/c1-8(21)17-15-18-13-12(14(24)19-15)16-6-20(13)7-27-11(4-25-9(2)22)5-26-10(3)23/h6,11H,4-5,7H2,1-3H3,(H2,17,18,19,21,24). The summed E-state index contributed by atoms with van der Waals surface area (Å²) in [5, 5.41) is 2.38. The molecule has 27 heavy (non-hydrogen) atoms. The SMILES string of the molecule is CC(=O)Nc1nc2c(ncn2COC(COC(C)=O)COC(C)=O)c(=O)[nH]1. The van der Waals surface area contributed by atoms with Crippen molar-refractivity contribution in [1.82, 2.24) is 19.5 Å². The molecule has 0 radical (unpaired) electrons. The summed E-state index contributed by atoms with van der Waals surface area (Å²) < 4.78 is 16.8. The Kier molecular flexibility index (Phi) is 6.60. The maximum absolute atomic E-state index is 12.0. The fourth-order valence-corrected chi connectivity index (χ4v) is 2.02. The van der Waals surface area contributed by atoms with Crippen molar-refractivity contribution in [2.45, 2.75) is 33.6 Å². The van der Waals surface area contributed by atoms with E-state index in [0.29, 0.717) is 0 Å². The molecule has 0 aliphatic rings. The third kappa shape index (κ3) is 5.88. The van der Waals surface area contributed by atoms with Crippen molar-refractivity contribution in [3.63, 3.8) is 0 Å². The Morgan fingerprint density at radius 2 is 1.81 bits per heavy atom. The summed E-state index contributed by atoms with van der Waals surface area (Å²) in [6.07, 6.45) is 0.603. The number of H-pyrrole nitrogens is 1. The van der Waals surface area contributed by atoms with Gasteiger partial charge in [-0.25, -0.2) is 4.98 Å². The fraction of sp³-hybridized carbons (Fsp3) is 0.467. The topological polar surface area (TPSA) is 154 Å². The lowest BCUT2D eigenvalue weighted by Crippen LogP contribution is -2.28. The molecule has 146 valence electrons. The van der Waals surface area contributed by atoms with Crippen molar-refractivity contribution >= 4 is 35.0 Å². The molecule has 1 amide bonds. The van der Waals surface area contributed by atoms with Gasteiger partial charge < -0.3 is 14.2 Å². The van der Waals surface area contributed by atoms with Crippen LogP contribution in [0.2, 0.25) is 0 Å². The van der Waals surface area contributed by atoms with Crippen molar-refractivity contribution in [3.8, 4) is 0 Å². The van der Waals surface area contributed by atoms with Crippen LogP contribution in [0.15, 0.2) is 11.1 Å². The van der Waals surface area contributed by atoms with E-state index in [-0.39, 0.29) is 37.1 Å². The predicted molar refractivity (Wildman–Crippen MR) is 90.6 cm³/mol. The maximum atomic E-state index is 12.0. The van der Waals surface area contributed by atoms with Gasteiger partial charge in [-0.1, -0.05) is 0 Å². The number of rotatable bonds is 8. The van der Waals surface area contributed by atoms with Crippen LogP contribution in [0.4, 0.5) is 5.95 Å². The average molecular weight is 381 g/mol. The van der Waals surface area contributed by atoms with Gasteiger partial charge in [0.2, 0.25) is 11.9 Å². The van der Waals surface area contributed by atoms with Gasteiger partial charge in [0.25, 0.3) is 5.56 Å². The van der Waals surface area contributed by atoms with Crippen LogP contribution in [-0.2, 0) is 35.3 Å². The number of aromatic nitrogens is 4. The Morgan fingerprint density at radius 3 is 2.37 bits per heavy atom. The highest BCUT2D eigenvalue weighted by molar-refractivity contribution is 5.87. The van der Waals surface area contributed by atoms with Crippen molar-refractivity contribution in [2.24, 2.45) is 0 Å². The van der Waals surface area contributed by atoms with Crippen LogP contribution in [0.5, 0.6) is 0 Å². The van der Waals surface area contributed by atoms with Crippen molar-refractivity contribution in [3.05, 3.63) is 16.7 Å². The van der Waals surface area contributed by atoms with Gasteiger partial charge in [-0.05, 0) is 0 Å². The van der Waals surface area contributed by atoms with Gasteiger partial charge in [-0.3, -0.25) is 34.0 Å². The van der Waals surface area contributed by atoms with E-state index >= 15 is 0 Å². The number of hydrogen-bond donors (Lipinski definition) is 2. The van der Waals surface area contributed by atoms with E-state index in [1.54, 1.807) is 0 Å². The number of aromatic amines is 1. The molecular weight excluding hydrogens is 362 g/mol. The van der Waals surface area contributed by atoms with Crippen LogP contribution in [0.25, 0.3) is 11.2 Å². The fourth-order valence-electron chi connectivity index (χ4n) is 2.02. The Hall–Kier alpha value is -3.28. The first-order valence-electron chi connectivity index (χ1n) is 7.87. The number of nitrogens with one attached hydrogen (secondary N) is 2. The van der Waals surface area contributed by atoms with E-state index in [9.17, 15) is 19.2 Å². The minimum atomic E-state index is -0.730. The Morgan fingerprint density at radius 1 is 1.19 bits per heavy atom. The molecule has 0 saturated heterocycles. The molecule has 0 spiro atoms. The molecule has 0 fully saturated rings. The molecule has 0 atom stereocenters. The molecule has 0 aliphatic heterocycles. The first kappa shape index (κ1) is 20.0. The minimum Gasteiger partial charge on any atom is -0.463 e. The number of nitrogens with zero attached hydrogens (tertiary/aromatic N) is 3. The molecule has 0 aliphatic carbocycles. The lowest BCUT2D eigenvalue weighted by atomic mass is 10.4. The molecule has 2 aromatic rings. The quantitative estimate of drug-likeness (QED) is 0.578. The summed E-state index contributed by atoms with van der Waals surface area (Å²) in [4.78, 5) is 55.6. The largest absolute Gasteiger partial charge is 0.463 e. The zero-order chi connectivity index (χ0) is 20.0. The van der Waals surface area contributed by atoms with Crippen molar-refractivity contribution < 1.29 is 28.6 Å².